The van der Waals surface area contributed by atoms with Gasteiger partial charge in [-0.3, -0.25) is 4.90 Å². The first kappa shape index (κ1) is 28.0. The molecule has 1 saturated carbocycles. The van der Waals surface area contributed by atoms with Gasteiger partial charge in [0.25, 0.3) is 0 Å². The van der Waals surface area contributed by atoms with Crippen LogP contribution in [0.3, 0.4) is 0 Å². The molecule has 2 amide bonds. The summed E-state index contributed by atoms with van der Waals surface area (Å²) >= 11 is 0. The van der Waals surface area contributed by atoms with Gasteiger partial charge in [-0.05, 0) is 88.9 Å². The summed E-state index contributed by atoms with van der Waals surface area (Å²) in [5.41, 5.74) is -0.498. The molecule has 2 aliphatic rings. The highest BCUT2D eigenvalue weighted by molar-refractivity contribution is 5.89. The molecule has 0 spiro atoms. The summed E-state index contributed by atoms with van der Waals surface area (Å²) in [6.07, 6.45) is -1.61. The fourth-order valence-electron chi connectivity index (χ4n) is 6.14. The minimum absolute atomic E-state index is 0.108. The van der Waals surface area contributed by atoms with Crippen LogP contribution in [-0.2, 0) is 11.6 Å². The van der Waals surface area contributed by atoms with Gasteiger partial charge >= 0.3 is 12.2 Å². The van der Waals surface area contributed by atoms with Crippen LogP contribution in [-0.4, -0.2) is 49.3 Å². The lowest BCUT2D eigenvalue weighted by molar-refractivity contribution is -0.137. The summed E-state index contributed by atoms with van der Waals surface area (Å²) in [5, 5.41) is 5.29. The van der Waals surface area contributed by atoms with Gasteiger partial charge in [0.15, 0.2) is 11.5 Å². The smallest absolute Gasteiger partial charge is 0.416 e. The van der Waals surface area contributed by atoms with Gasteiger partial charge in [0.1, 0.15) is 5.82 Å². The summed E-state index contributed by atoms with van der Waals surface area (Å²) in [6, 6.07) is 7.31. The van der Waals surface area contributed by atoms with Crippen LogP contribution in [0.5, 0.6) is 11.5 Å². The lowest BCUT2D eigenvalue weighted by Gasteiger charge is -2.48. The van der Waals surface area contributed by atoms with E-state index < -0.39 is 23.6 Å². The Hall–Kier alpha value is -3.01. The molecule has 3 atom stereocenters. The van der Waals surface area contributed by atoms with Gasteiger partial charge in [-0.1, -0.05) is 6.07 Å². The summed E-state index contributed by atoms with van der Waals surface area (Å²) in [7, 11) is 3.22. The number of urea groups is 1. The predicted molar refractivity (Wildman–Crippen MR) is 137 cm³/mol. The van der Waals surface area contributed by atoms with E-state index >= 15 is 0 Å². The third-order valence-electron chi connectivity index (χ3n) is 7.90. The van der Waals surface area contributed by atoms with E-state index in [4.69, 9.17) is 9.47 Å². The first-order chi connectivity index (χ1) is 17.8. The number of fused-ring (bicyclic) bond motifs is 1. The molecule has 1 heterocycles. The van der Waals surface area contributed by atoms with Crippen LogP contribution in [0, 0.1) is 5.82 Å². The molecule has 2 aromatic rings. The van der Waals surface area contributed by atoms with Crippen LogP contribution >= 0.6 is 0 Å². The number of rotatable bonds is 5. The topological polar surface area (TPSA) is 62.8 Å². The summed E-state index contributed by atoms with van der Waals surface area (Å²) in [5.74, 6) is 0.257. The number of likely N-dealkylation sites (tertiary alicyclic amines) is 1. The molecule has 208 valence electrons. The van der Waals surface area contributed by atoms with Crippen LogP contribution in [0.1, 0.15) is 57.6 Å². The zero-order valence-electron chi connectivity index (χ0n) is 22.3. The molecule has 0 unspecified atom stereocenters. The highest BCUT2D eigenvalue weighted by atomic mass is 19.4. The molecule has 2 aromatic carbocycles. The number of nitrogens with one attached hydrogen (secondary N) is 2. The number of carbonyl (C=O) groups excluding carboxylic acids is 1. The number of ether oxygens (including phenoxy) is 2. The van der Waals surface area contributed by atoms with Crippen molar-refractivity contribution in [2.45, 2.75) is 75.7 Å². The van der Waals surface area contributed by atoms with Crippen LogP contribution in [0.4, 0.5) is 28.0 Å². The maximum atomic E-state index is 13.8. The number of methoxy groups -OCH3 is 2. The van der Waals surface area contributed by atoms with Crippen molar-refractivity contribution in [3.05, 3.63) is 53.3 Å². The predicted octanol–water partition coefficient (Wildman–Crippen LogP) is 6.35. The Morgan fingerprint density at radius 3 is 2.37 bits per heavy atom. The maximum absolute atomic E-state index is 13.8. The van der Waals surface area contributed by atoms with Crippen LogP contribution in [0.2, 0.25) is 0 Å². The molecule has 4 rings (SSSR count). The van der Waals surface area contributed by atoms with Crippen LogP contribution in [0.25, 0.3) is 0 Å². The molecule has 2 fully saturated rings. The van der Waals surface area contributed by atoms with Gasteiger partial charge in [-0.2, -0.15) is 13.2 Å². The van der Waals surface area contributed by atoms with Gasteiger partial charge in [0.2, 0.25) is 0 Å². The lowest BCUT2D eigenvalue weighted by atomic mass is 9.64. The number of hydrogen-bond acceptors (Lipinski definition) is 4. The quantitative estimate of drug-likeness (QED) is 0.437. The van der Waals surface area contributed by atoms with E-state index in [0.717, 1.165) is 37.1 Å². The third kappa shape index (κ3) is 5.55. The molecule has 10 heteroatoms. The van der Waals surface area contributed by atoms with E-state index in [2.05, 4.69) is 42.4 Å². The number of alkyl halides is 3. The number of hydrogen-bond donors (Lipinski definition) is 2. The Morgan fingerprint density at radius 1 is 1.03 bits per heavy atom. The zero-order chi connectivity index (χ0) is 27.9. The van der Waals surface area contributed by atoms with Crippen molar-refractivity contribution in [2.75, 3.05) is 26.1 Å². The molecule has 1 aliphatic heterocycles. The highest BCUT2D eigenvalue weighted by Crippen LogP contribution is 2.52. The third-order valence-corrected chi connectivity index (χ3v) is 7.90. The van der Waals surface area contributed by atoms with Gasteiger partial charge in [-0.25, -0.2) is 9.18 Å². The van der Waals surface area contributed by atoms with E-state index in [0.29, 0.717) is 30.4 Å². The van der Waals surface area contributed by atoms with E-state index in [1.165, 1.54) is 0 Å². The van der Waals surface area contributed by atoms with Crippen molar-refractivity contribution >= 4 is 11.7 Å². The largest absolute Gasteiger partial charge is 0.493 e. The van der Waals surface area contributed by atoms with Gasteiger partial charge < -0.3 is 20.1 Å². The molecule has 38 heavy (non-hydrogen) atoms. The Bertz CT molecular complexity index is 1180. The van der Waals surface area contributed by atoms with Gasteiger partial charge in [-0.15, -0.1) is 0 Å². The van der Waals surface area contributed by atoms with Crippen molar-refractivity contribution in [3.63, 3.8) is 0 Å². The van der Waals surface area contributed by atoms with Crippen molar-refractivity contribution in [1.29, 1.82) is 0 Å². The summed E-state index contributed by atoms with van der Waals surface area (Å²) in [4.78, 5) is 15.2. The van der Waals surface area contributed by atoms with Gasteiger partial charge in [0.05, 0.1) is 19.8 Å². The average Bonchev–Trinajstić information content (AvgIpc) is 3.23. The fraction of sp³-hybridized carbons (Fsp3) is 0.536. The van der Waals surface area contributed by atoms with Crippen LogP contribution < -0.4 is 20.1 Å². The molecule has 0 radical (unpaired) electrons. The average molecular weight is 538 g/mol. The van der Waals surface area contributed by atoms with Crippen LogP contribution in [0.15, 0.2) is 36.4 Å². The zero-order valence-corrected chi connectivity index (χ0v) is 22.3. The second-order valence-electron chi connectivity index (χ2n) is 11.2. The molecule has 6 nitrogen and oxygen atoms in total. The first-order valence-corrected chi connectivity index (χ1v) is 12.7. The second kappa shape index (κ2) is 10.3. The Balaban J connectivity index is 1.55. The van der Waals surface area contributed by atoms with E-state index in [-0.39, 0.29) is 28.7 Å². The molecule has 0 bridgehead atoms. The second-order valence-corrected chi connectivity index (χ2v) is 11.2. The Labute approximate surface area is 220 Å². The van der Waals surface area contributed by atoms with Crippen molar-refractivity contribution in [3.8, 4) is 11.5 Å². The van der Waals surface area contributed by atoms with Gasteiger partial charge in [0, 0.05) is 28.7 Å². The SMILES string of the molecule is COc1ccc([C@@]23CC[C@@H](NC(=O)Nc4cc(F)cc(C(F)(F)F)c4)C[C@@H]2N(C(C)(C)C)CC3)cc1OC. The lowest BCUT2D eigenvalue weighted by Crippen LogP contribution is -2.56. The number of amides is 2. The number of halogens is 4. The molecule has 2 N–H and O–H groups in total. The molecule has 1 saturated heterocycles. The normalized spacial score (nSPS) is 24.0. The number of benzene rings is 2. The Morgan fingerprint density at radius 2 is 1.74 bits per heavy atom. The standard InChI is InChI=1S/C28H35F4N3O3/c1-26(2,3)35-11-10-27(17-6-7-22(37-4)23(14-17)38-5)9-8-20(16-24(27)35)33-25(36)34-21-13-18(28(30,31)32)12-19(29)15-21/h6-7,12-15,20,24H,8-11,16H2,1-5H3,(H2,33,34,36)/t20-,24+,27+/m1/s1. The fourth-order valence-corrected chi connectivity index (χ4v) is 6.14. The van der Waals surface area contributed by atoms with E-state index in [9.17, 15) is 22.4 Å². The number of carbonyl (C=O) groups is 1. The minimum Gasteiger partial charge on any atom is -0.493 e. The van der Waals surface area contributed by atoms with Crippen molar-refractivity contribution in [2.24, 2.45) is 0 Å². The molecule has 1 aliphatic carbocycles. The molecular weight excluding hydrogens is 502 g/mol. The van der Waals surface area contributed by atoms with E-state index in [1.807, 2.05) is 12.1 Å². The number of nitrogens with zero attached hydrogens (tertiary/aromatic N) is 1. The summed E-state index contributed by atoms with van der Waals surface area (Å²) < 4.78 is 64.0. The van der Waals surface area contributed by atoms with Crippen molar-refractivity contribution in [1.82, 2.24) is 10.2 Å². The minimum atomic E-state index is -4.72. The maximum Gasteiger partial charge on any atom is 0.416 e. The Kier molecular flexibility index (Phi) is 7.58. The number of anilines is 1. The first-order valence-electron chi connectivity index (χ1n) is 12.7. The summed E-state index contributed by atoms with van der Waals surface area (Å²) in [6.45, 7) is 7.40. The molecule has 0 aromatic heterocycles. The highest BCUT2D eigenvalue weighted by Gasteiger charge is 2.54. The molecular formula is C28H35F4N3O3. The van der Waals surface area contributed by atoms with E-state index in [1.54, 1.807) is 14.2 Å². The monoisotopic (exact) mass is 537 g/mol. The van der Waals surface area contributed by atoms with Crippen molar-refractivity contribution < 1.29 is 31.8 Å².